The van der Waals surface area contributed by atoms with Gasteiger partial charge in [0.2, 0.25) is 0 Å². The average molecular weight is 257 g/mol. The molecule has 1 rings (SSSR count). The minimum atomic E-state index is -0.407. The van der Waals surface area contributed by atoms with Gasteiger partial charge in [0.1, 0.15) is 11.6 Å². The lowest BCUT2D eigenvalue weighted by molar-refractivity contribution is 0.177. The highest BCUT2D eigenvalue weighted by Gasteiger charge is 2.10. The lowest BCUT2D eigenvalue weighted by Crippen LogP contribution is -2.29. The summed E-state index contributed by atoms with van der Waals surface area (Å²) in [5.74, 6) is -0.526. The molecule has 0 aliphatic carbocycles. The Kier molecular flexibility index (Phi) is 6.22. The molecule has 0 spiro atoms. The van der Waals surface area contributed by atoms with Crippen molar-refractivity contribution in [2.45, 2.75) is 19.8 Å². The van der Waals surface area contributed by atoms with Crippen molar-refractivity contribution in [1.82, 2.24) is 4.90 Å². The van der Waals surface area contributed by atoms with E-state index >= 15 is 0 Å². The van der Waals surface area contributed by atoms with Gasteiger partial charge in [-0.3, -0.25) is 0 Å². The Labute approximate surface area is 107 Å². The highest BCUT2D eigenvalue weighted by Crippen LogP contribution is 2.11. The van der Waals surface area contributed by atoms with E-state index in [1.807, 2.05) is 18.9 Å². The zero-order chi connectivity index (χ0) is 13.5. The summed E-state index contributed by atoms with van der Waals surface area (Å²) in [5.41, 5.74) is 0.402. The van der Waals surface area contributed by atoms with E-state index < -0.39 is 5.82 Å². The normalized spacial score (nSPS) is 13.0. The van der Waals surface area contributed by atoms with E-state index in [4.69, 9.17) is 5.11 Å². The fourth-order valence-corrected chi connectivity index (χ4v) is 1.89. The van der Waals surface area contributed by atoms with Gasteiger partial charge in [0, 0.05) is 19.7 Å². The van der Waals surface area contributed by atoms with Crippen molar-refractivity contribution in [3.63, 3.8) is 0 Å². The van der Waals surface area contributed by atoms with Crippen LogP contribution in [0.1, 0.15) is 18.9 Å². The summed E-state index contributed by atoms with van der Waals surface area (Å²) in [5, 5.41) is 9.10. The molecule has 18 heavy (non-hydrogen) atoms. The smallest absolute Gasteiger partial charge is 0.126 e. The standard InChI is InChI=1S/C14H21F2NO/c1-3-11(10-18)9-17(2)7-6-12-8-13(15)4-5-14(12)16/h4-5,8,11,18H,3,6-7,9-10H2,1-2H3. The molecule has 0 aliphatic heterocycles. The Bertz CT molecular complexity index is 367. The lowest BCUT2D eigenvalue weighted by Gasteiger charge is -2.21. The molecule has 0 aromatic heterocycles. The van der Waals surface area contributed by atoms with Crippen LogP contribution in [0, 0.1) is 17.6 Å². The van der Waals surface area contributed by atoms with Crippen LogP contribution in [0.2, 0.25) is 0 Å². The molecular weight excluding hydrogens is 236 g/mol. The van der Waals surface area contributed by atoms with Crippen LogP contribution >= 0.6 is 0 Å². The molecule has 0 saturated heterocycles. The molecule has 1 atom stereocenters. The summed E-state index contributed by atoms with van der Waals surface area (Å²) in [7, 11) is 1.93. The van der Waals surface area contributed by atoms with Gasteiger partial charge in [-0.15, -0.1) is 0 Å². The Morgan fingerprint density at radius 2 is 2.06 bits per heavy atom. The molecule has 0 radical (unpaired) electrons. The number of likely N-dealkylation sites (N-methyl/N-ethyl adjacent to an activating group) is 1. The summed E-state index contributed by atoms with van der Waals surface area (Å²) in [4.78, 5) is 2.04. The number of halogens is 2. The predicted molar refractivity (Wildman–Crippen MR) is 68.4 cm³/mol. The van der Waals surface area contributed by atoms with E-state index in [-0.39, 0.29) is 18.3 Å². The average Bonchev–Trinajstić information content (AvgIpc) is 2.37. The van der Waals surface area contributed by atoms with Gasteiger partial charge in [-0.1, -0.05) is 6.92 Å². The Balaban J connectivity index is 2.46. The number of aliphatic hydroxyl groups is 1. The third-order valence-corrected chi connectivity index (χ3v) is 3.18. The van der Waals surface area contributed by atoms with Gasteiger partial charge in [-0.05, 0) is 49.6 Å². The Morgan fingerprint density at radius 1 is 1.33 bits per heavy atom. The maximum absolute atomic E-state index is 13.4. The van der Waals surface area contributed by atoms with Crippen LogP contribution in [0.4, 0.5) is 8.78 Å². The molecular formula is C14H21F2NO. The first-order valence-corrected chi connectivity index (χ1v) is 6.30. The van der Waals surface area contributed by atoms with Gasteiger partial charge < -0.3 is 10.0 Å². The van der Waals surface area contributed by atoms with Crippen molar-refractivity contribution in [1.29, 1.82) is 0 Å². The minimum absolute atomic E-state index is 0.162. The van der Waals surface area contributed by atoms with Crippen LogP contribution in [0.25, 0.3) is 0 Å². The van der Waals surface area contributed by atoms with E-state index in [9.17, 15) is 8.78 Å². The summed E-state index contributed by atoms with van der Waals surface area (Å²) in [6.45, 7) is 3.61. The van der Waals surface area contributed by atoms with Gasteiger partial charge in [0.05, 0.1) is 0 Å². The molecule has 1 N–H and O–H groups in total. The molecule has 0 heterocycles. The van der Waals surface area contributed by atoms with E-state index in [0.29, 0.717) is 18.5 Å². The van der Waals surface area contributed by atoms with Crippen LogP contribution in [-0.2, 0) is 6.42 Å². The largest absolute Gasteiger partial charge is 0.396 e. The SMILES string of the molecule is CCC(CO)CN(C)CCc1cc(F)ccc1F. The van der Waals surface area contributed by atoms with Crippen LogP contribution in [0.5, 0.6) is 0 Å². The Hall–Kier alpha value is -1.00. The number of rotatable bonds is 7. The molecule has 0 fully saturated rings. The lowest BCUT2D eigenvalue weighted by atomic mass is 10.1. The van der Waals surface area contributed by atoms with E-state index in [2.05, 4.69) is 0 Å². The number of aliphatic hydroxyl groups excluding tert-OH is 1. The molecule has 2 nitrogen and oxygen atoms in total. The van der Waals surface area contributed by atoms with Crippen LogP contribution < -0.4 is 0 Å². The first-order chi connectivity index (χ1) is 8.56. The van der Waals surface area contributed by atoms with Crippen LogP contribution in [0.15, 0.2) is 18.2 Å². The molecule has 4 heteroatoms. The number of hydrogen-bond acceptors (Lipinski definition) is 2. The first-order valence-electron chi connectivity index (χ1n) is 6.30. The number of hydrogen-bond donors (Lipinski definition) is 1. The van der Waals surface area contributed by atoms with Gasteiger partial charge in [0.25, 0.3) is 0 Å². The molecule has 0 bridgehead atoms. The monoisotopic (exact) mass is 257 g/mol. The molecule has 1 aromatic rings. The van der Waals surface area contributed by atoms with Crippen molar-refractivity contribution in [2.24, 2.45) is 5.92 Å². The van der Waals surface area contributed by atoms with E-state index in [1.165, 1.54) is 6.07 Å². The van der Waals surface area contributed by atoms with Crippen LogP contribution in [0.3, 0.4) is 0 Å². The Morgan fingerprint density at radius 3 is 2.67 bits per heavy atom. The molecule has 0 saturated carbocycles. The summed E-state index contributed by atoms with van der Waals surface area (Å²) in [6, 6.07) is 3.53. The fraction of sp³-hybridized carbons (Fsp3) is 0.571. The first kappa shape index (κ1) is 15.1. The molecule has 0 aliphatic rings. The van der Waals surface area contributed by atoms with Crippen molar-refractivity contribution < 1.29 is 13.9 Å². The predicted octanol–water partition coefficient (Wildman–Crippen LogP) is 2.46. The molecule has 1 unspecified atom stereocenters. The van der Waals surface area contributed by atoms with Gasteiger partial charge >= 0.3 is 0 Å². The quantitative estimate of drug-likeness (QED) is 0.811. The third-order valence-electron chi connectivity index (χ3n) is 3.18. The van der Waals surface area contributed by atoms with Gasteiger partial charge in [-0.2, -0.15) is 0 Å². The topological polar surface area (TPSA) is 23.5 Å². The second-order valence-electron chi connectivity index (χ2n) is 4.70. The maximum Gasteiger partial charge on any atom is 0.126 e. The number of benzene rings is 1. The minimum Gasteiger partial charge on any atom is -0.396 e. The van der Waals surface area contributed by atoms with Crippen molar-refractivity contribution in [3.8, 4) is 0 Å². The molecule has 0 amide bonds. The molecule has 1 aromatic carbocycles. The summed E-state index contributed by atoms with van der Waals surface area (Å²) >= 11 is 0. The highest BCUT2D eigenvalue weighted by atomic mass is 19.1. The zero-order valence-electron chi connectivity index (χ0n) is 11.0. The van der Waals surface area contributed by atoms with E-state index in [0.717, 1.165) is 25.1 Å². The third kappa shape index (κ3) is 4.70. The van der Waals surface area contributed by atoms with Crippen molar-refractivity contribution >= 4 is 0 Å². The van der Waals surface area contributed by atoms with E-state index in [1.54, 1.807) is 0 Å². The zero-order valence-corrected chi connectivity index (χ0v) is 11.0. The van der Waals surface area contributed by atoms with Gasteiger partial charge in [-0.25, -0.2) is 8.78 Å². The highest BCUT2D eigenvalue weighted by molar-refractivity contribution is 5.18. The van der Waals surface area contributed by atoms with Crippen molar-refractivity contribution in [2.75, 3.05) is 26.7 Å². The second-order valence-corrected chi connectivity index (χ2v) is 4.70. The fourth-order valence-electron chi connectivity index (χ4n) is 1.89. The second kappa shape index (κ2) is 7.44. The van der Waals surface area contributed by atoms with Crippen molar-refractivity contribution in [3.05, 3.63) is 35.4 Å². The van der Waals surface area contributed by atoms with Gasteiger partial charge in [0.15, 0.2) is 0 Å². The summed E-state index contributed by atoms with van der Waals surface area (Å²) in [6.07, 6.45) is 1.39. The maximum atomic E-state index is 13.4. The van der Waals surface area contributed by atoms with Crippen LogP contribution in [-0.4, -0.2) is 36.8 Å². The number of nitrogens with zero attached hydrogens (tertiary/aromatic N) is 1. The summed E-state index contributed by atoms with van der Waals surface area (Å²) < 4.78 is 26.4. The molecule has 102 valence electrons.